The molecule has 0 saturated heterocycles. The number of aryl methyl sites for hydroxylation is 3. The molecule has 0 aliphatic carbocycles. The molecule has 0 amide bonds. The maximum atomic E-state index is 12.3. The van der Waals surface area contributed by atoms with Crippen molar-refractivity contribution in [2.45, 2.75) is 27.3 Å². The molecule has 0 unspecified atom stereocenters. The lowest BCUT2D eigenvalue weighted by Crippen LogP contribution is -2.26. The highest BCUT2D eigenvalue weighted by Crippen LogP contribution is 2.14. The second-order valence-corrected chi connectivity index (χ2v) is 5.42. The van der Waals surface area contributed by atoms with Gasteiger partial charge in [0, 0.05) is 17.7 Å². The van der Waals surface area contributed by atoms with E-state index in [-0.39, 0.29) is 5.78 Å². The summed E-state index contributed by atoms with van der Waals surface area (Å²) in [6.07, 6.45) is 1.68. The monoisotopic (exact) mass is 271 g/mol. The number of nitrogens with zero attached hydrogens (tertiary/aromatic N) is 1. The van der Waals surface area contributed by atoms with Crippen LogP contribution in [0.1, 0.15) is 32.8 Å². The third-order valence-corrected chi connectivity index (χ3v) is 3.50. The Bertz CT molecular complexity index is 613. The lowest BCUT2D eigenvalue weighted by molar-refractivity contribution is 0.0942. The first-order valence-electron chi connectivity index (χ1n) is 6.79. The summed E-state index contributed by atoms with van der Waals surface area (Å²) in [5.41, 5.74) is 4.16. The topological polar surface area (TPSA) is 33.5 Å². The van der Waals surface area contributed by atoms with E-state index in [0.29, 0.717) is 6.54 Å². The van der Waals surface area contributed by atoms with Crippen molar-refractivity contribution in [2.24, 2.45) is 0 Å². The SMILES string of the molecule is Cc1ccc(C(=O)CN(C)Cc2ccoc2C)c(C)c1. The fraction of sp³-hybridized carbons (Fsp3) is 0.353. The predicted molar refractivity (Wildman–Crippen MR) is 80.0 cm³/mol. The average Bonchev–Trinajstić information content (AvgIpc) is 2.74. The maximum absolute atomic E-state index is 12.3. The van der Waals surface area contributed by atoms with Gasteiger partial charge in [0.1, 0.15) is 5.76 Å². The standard InChI is InChI=1S/C17H21NO2/c1-12-5-6-16(13(2)9-12)17(19)11-18(4)10-15-7-8-20-14(15)3/h5-9H,10-11H2,1-4H3. The van der Waals surface area contributed by atoms with Gasteiger partial charge in [0.15, 0.2) is 5.78 Å². The van der Waals surface area contributed by atoms with Crippen molar-refractivity contribution in [3.8, 4) is 0 Å². The van der Waals surface area contributed by atoms with Crippen molar-refractivity contribution in [1.82, 2.24) is 4.90 Å². The molecule has 0 saturated carbocycles. The van der Waals surface area contributed by atoms with Crippen molar-refractivity contribution < 1.29 is 9.21 Å². The van der Waals surface area contributed by atoms with Crippen LogP contribution < -0.4 is 0 Å². The van der Waals surface area contributed by atoms with E-state index in [9.17, 15) is 4.79 Å². The van der Waals surface area contributed by atoms with Gasteiger partial charge in [-0.25, -0.2) is 0 Å². The first kappa shape index (κ1) is 14.5. The minimum absolute atomic E-state index is 0.158. The molecule has 0 aliphatic rings. The van der Waals surface area contributed by atoms with Gasteiger partial charge in [-0.2, -0.15) is 0 Å². The molecule has 106 valence electrons. The van der Waals surface area contributed by atoms with Gasteiger partial charge in [-0.05, 0) is 39.4 Å². The Kier molecular flexibility index (Phi) is 4.40. The molecular formula is C17H21NO2. The molecule has 20 heavy (non-hydrogen) atoms. The van der Waals surface area contributed by atoms with Gasteiger partial charge in [0.25, 0.3) is 0 Å². The quantitative estimate of drug-likeness (QED) is 0.780. The molecule has 0 bridgehead atoms. The molecule has 0 radical (unpaired) electrons. The second kappa shape index (κ2) is 6.06. The number of benzene rings is 1. The highest BCUT2D eigenvalue weighted by atomic mass is 16.3. The number of carbonyl (C=O) groups is 1. The number of hydrogen-bond acceptors (Lipinski definition) is 3. The van der Waals surface area contributed by atoms with Gasteiger partial charge in [-0.15, -0.1) is 0 Å². The zero-order valence-corrected chi connectivity index (χ0v) is 12.6. The average molecular weight is 271 g/mol. The summed E-state index contributed by atoms with van der Waals surface area (Å²) in [7, 11) is 1.95. The molecule has 1 aromatic heterocycles. The molecule has 1 aromatic carbocycles. The second-order valence-electron chi connectivity index (χ2n) is 5.42. The number of carbonyl (C=O) groups excluding carboxylic acids is 1. The summed E-state index contributed by atoms with van der Waals surface area (Å²) in [6, 6.07) is 7.91. The highest BCUT2D eigenvalue weighted by molar-refractivity contribution is 5.98. The van der Waals surface area contributed by atoms with Gasteiger partial charge < -0.3 is 4.42 Å². The summed E-state index contributed by atoms with van der Waals surface area (Å²) in [5.74, 6) is 1.07. The van der Waals surface area contributed by atoms with E-state index in [4.69, 9.17) is 4.42 Å². The van der Waals surface area contributed by atoms with Gasteiger partial charge in [-0.1, -0.05) is 23.8 Å². The molecule has 3 nitrogen and oxygen atoms in total. The molecule has 2 aromatic rings. The van der Waals surface area contributed by atoms with E-state index < -0.39 is 0 Å². The Labute approximate surface area is 120 Å². The molecule has 0 spiro atoms. The fourth-order valence-electron chi connectivity index (χ4n) is 2.38. The van der Waals surface area contributed by atoms with Crippen molar-refractivity contribution in [3.63, 3.8) is 0 Å². The van der Waals surface area contributed by atoms with Crippen LogP contribution in [-0.2, 0) is 6.54 Å². The normalized spacial score (nSPS) is 11.1. The lowest BCUT2D eigenvalue weighted by Gasteiger charge is -2.16. The molecule has 1 heterocycles. The van der Waals surface area contributed by atoms with Gasteiger partial charge in [0.2, 0.25) is 0 Å². The maximum Gasteiger partial charge on any atom is 0.177 e. The summed E-state index contributed by atoms with van der Waals surface area (Å²) in [6.45, 7) is 7.10. The molecule has 0 atom stereocenters. The van der Waals surface area contributed by atoms with Crippen LogP contribution in [-0.4, -0.2) is 24.3 Å². The van der Waals surface area contributed by atoms with Crippen molar-refractivity contribution >= 4 is 5.78 Å². The summed E-state index contributed by atoms with van der Waals surface area (Å²) in [5, 5.41) is 0. The number of furan rings is 1. The zero-order chi connectivity index (χ0) is 14.7. The summed E-state index contributed by atoms with van der Waals surface area (Å²) >= 11 is 0. The van der Waals surface area contributed by atoms with E-state index in [1.807, 2.05) is 57.0 Å². The third-order valence-electron chi connectivity index (χ3n) is 3.50. The summed E-state index contributed by atoms with van der Waals surface area (Å²) in [4.78, 5) is 14.3. The fourth-order valence-corrected chi connectivity index (χ4v) is 2.38. The minimum atomic E-state index is 0.158. The Morgan fingerprint density at radius 1 is 1.20 bits per heavy atom. The Morgan fingerprint density at radius 3 is 2.55 bits per heavy atom. The number of ketones is 1. The number of rotatable bonds is 5. The molecule has 3 heteroatoms. The van der Waals surface area contributed by atoms with Crippen LogP contribution in [0, 0.1) is 20.8 Å². The van der Waals surface area contributed by atoms with Crippen LogP contribution in [0.3, 0.4) is 0 Å². The van der Waals surface area contributed by atoms with Gasteiger partial charge in [-0.3, -0.25) is 9.69 Å². The first-order chi connectivity index (χ1) is 9.47. The van der Waals surface area contributed by atoms with Crippen LogP contribution in [0.15, 0.2) is 34.9 Å². The van der Waals surface area contributed by atoms with Crippen LogP contribution >= 0.6 is 0 Å². The molecule has 0 aliphatic heterocycles. The smallest absolute Gasteiger partial charge is 0.177 e. The minimum Gasteiger partial charge on any atom is -0.469 e. The molecule has 0 fully saturated rings. The van der Waals surface area contributed by atoms with Crippen LogP contribution in [0.4, 0.5) is 0 Å². The zero-order valence-electron chi connectivity index (χ0n) is 12.6. The van der Waals surface area contributed by atoms with E-state index in [1.54, 1.807) is 6.26 Å². The lowest BCUT2D eigenvalue weighted by atomic mass is 10.0. The Hall–Kier alpha value is -1.87. The van der Waals surface area contributed by atoms with Crippen molar-refractivity contribution in [2.75, 3.05) is 13.6 Å². The van der Waals surface area contributed by atoms with Crippen LogP contribution in [0.5, 0.6) is 0 Å². The molecule has 2 rings (SSSR count). The van der Waals surface area contributed by atoms with E-state index in [2.05, 4.69) is 0 Å². The third kappa shape index (κ3) is 3.36. The van der Waals surface area contributed by atoms with E-state index >= 15 is 0 Å². The molecular weight excluding hydrogens is 250 g/mol. The van der Waals surface area contributed by atoms with E-state index in [1.165, 1.54) is 5.56 Å². The largest absolute Gasteiger partial charge is 0.469 e. The number of hydrogen-bond donors (Lipinski definition) is 0. The van der Waals surface area contributed by atoms with Gasteiger partial charge in [0.05, 0.1) is 12.8 Å². The van der Waals surface area contributed by atoms with Crippen molar-refractivity contribution in [3.05, 3.63) is 58.5 Å². The van der Waals surface area contributed by atoms with Crippen LogP contribution in [0.2, 0.25) is 0 Å². The number of likely N-dealkylation sites (N-methyl/N-ethyl adjacent to an activating group) is 1. The van der Waals surface area contributed by atoms with Crippen molar-refractivity contribution in [1.29, 1.82) is 0 Å². The first-order valence-corrected chi connectivity index (χ1v) is 6.79. The highest BCUT2D eigenvalue weighted by Gasteiger charge is 2.13. The molecule has 0 N–H and O–H groups in total. The Morgan fingerprint density at radius 2 is 1.95 bits per heavy atom. The number of Topliss-reactive ketones (excluding diaryl/α,β-unsaturated/α-hetero) is 1. The summed E-state index contributed by atoms with van der Waals surface area (Å²) < 4.78 is 5.28. The van der Waals surface area contributed by atoms with E-state index in [0.717, 1.165) is 29.0 Å². The Balaban J connectivity index is 2.02. The predicted octanol–water partition coefficient (Wildman–Crippen LogP) is 3.52. The van der Waals surface area contributed by atoms with Crippen LogP contribution in [0.25, 0.3) is 0 Å². The van der Waals surface area contributed by atoms with Gasteiger partial charge >= 0.3 is 0 Å².